The maximum Gasteiger partial charge on any atom is 0.270 e. The number of methoxy groups -OCH3 is 2. The maximum absolute atomic E-state index is 14.3. The molecule has 0 aliphatic heterocycles. The first-order valence-corrected chi connectivity index (χ1v) is 20.1. The Hall–Kier alpha value is -9.87. The van der Waals surface area contributed by atoms with Crippen LogP contribution < -0.4 is 98.3 Å². The lowest BCUT2D eigenvalue weighted by atomic mass is 10.1. The summed E-state index contributed by atoms with van der Waals surface area (Å²) in [5.74, 6) is -9.77. The number of nitrogens with one attached hydrogen (secondary N) is 5. The summed E-state index contributed by atoms with van der Waals surface area (Å²) in [6.45, 7) is -0.194. The van der Waals surface area contributed by atoms with Gasteiger partial charge < -0.3 is 103 Å². The summed E-state index contributed by atoms with van der Waals surface area (Å²) >= 11 is 0. The third kappa shape index (κ3) is 14.3. The van der Waals surface area contributed by atoms with Crippen LogP contribution in [0.4, 0.5) is 11.4 Å². The number of guanidine groups is 4. The van der Waals surface area contributed by atoms with Crippen molar-refractivity contribution in [3.05, 3.63) is 90.1 Å². The molecule has 4 rings (SSSR count). The van der Waals surface area contributed by atoms with Crippen molar-refractivity contribution in [1.29, 1.82) is 0 Å². The van der Waals surface area contributed by atoms with Crippen molar-refractivity contribution in [3.63, 3.8) is 0 Å². The minimum absolute atomic E-state index is 0.129. The molecule has 0 fully saturated rings. The van der Waals surface area contributed by atoms with Crippen molar-refractivity contribution in [2.24, 2.45) is 71.6 Å². The van der Waals surface area contributed by atoms with E-state index in [0.717, 1.165) is 0 Å². The van der Waals surface area contributed by atoms with Crippen LogP contribution in [-0.2, 0) is 35.3 Å². The number of fused-ring (bicyclic) bond motifs is 1. The van der Waals surface area contributed by atoms with Crippen molar-refractivity contribution in [1.82, 2.24) is 31.6 Å². The van der Waals surface area contributed by atoms with E-state index in [0.29, 0.717) is 28.0 Å². The van der Waals surface area contributed by atoms with Gasteiger partial charge in [-0.1, -0.05) is 30.3 Å². The fourth-order valence-electron chi connectivity index (χ4n) is 6.28. The summed E-state index contributed by atoms with van der Waals surface area (Å²) in [7, 11) is 2.89. The van der Waals surface area contributed by atoms with Crippen molar-refractivity contribution in [2.75, 3.05) is 24.9 Å². The van der Waals surface area contributed by atoms with Gasteiger partial charge >= 0.3 is 0 Å². The molecule has 0 saturated heterocycles. The highest BCUT2D eigenvalue weighted by Crippen LogP contribution is 2.35. The summed E-state index contributed by atoms with van der Waals surface area (Å²) in [5.41, 5.74) is 57.1. The summed E-state index contributed by atoms with van der Waals surface area (Å²) in [6, 6.07) is 17.3. The number of aliphatic hydroxyl groups excluding tert-OH is 1. The van der Waals surface area contributed by atoms with Crippen molar-refractivity contribution in [3.8, 4) is 11.5 Å². The lowest BCUT2D eigenvalue weighted by Crippen LogP contribution is -2.58. The Labute approximate surface area is 397 Å². The molecule has 0 spiro atoms. The molecular formula is C40H53N21O9. The third-order valence-corrected chi connectivity index (χ3v) is 9.40. The summed E-state index contributed by atoms with van der Waals surface area (Å²) < 4.78 is 10.9. The zero-order chi connectivity index (χ0) is 51.8. The fourth-order valence-corrected chi connectivity index (χ4v) is 6.28. The predicted molar refractivity (Wildman–Crippen MR) is 255 cm³/mol. The number of nitrogen functional groups attached to an aromatic ring is 1. The van der Waals surface area contributed by atoms with E-state index in [-0.39, 0.29) is 23.5 Å². The standard InChI is InChI=1S/C40H53N21O9/c1-69-19-11-10-18(23(15-19)70-2)16-61(22-13-12-21-20(24(22)41)9-6-14-51-21)36(68)35(67)52-25(17-7-4-3-5-8-17)31(63)54-28(58-38(45)46)33(65)56-30(60-40(49)50)34(66)55-29(59-39(47)48)32(64)53-27(26(42)62)57-37(43)44/h3-15,25,27-30,36,68H,16,41H2,1-2H3,(H2,42,62)(H,52,67)(H,53,64)(H,54,63)(H,55,66)(H,56,65)(H4,43,44,57)(H4,45,46,58)(H4,47,48,59)(H4,49,50,60). The Morgan fingerprint density at radius 1 is 0.614 bits per heavy atom. The lowest BCUT2D eigenvalue weighted by Gasteiger charge is -2.32. The second-order valence-electron chi connectivity index (χ2n) is 14.4. The van der Waals surface area contributed by atoms with E-state index in [1.54, 1.807) is 54.7 Å². The van der Waals surface area contributed by atoms with Gasteiger partial charge in [0.05, 0.1) is 31.1 Å². The summed E-state index contributed by atoms with van der Waals surface area (Å²) in [6.07, 6.45) is -8.74. The van der Waals surface area contributed by atoms with Crippen LogP contribution in [0.2, 0.25) is 0 Å². The number of nitrogens with two attached hydrogens (primary N) is 10. The molecule has 30 heteroatoms. The van der Waals surface area contributed by atoms with Gasteiger partial charge in [-0.05, 0) is 42.0 Å². The smallest absolute Gasteiger partial charge is 0.270 e. The van der Waals surface area contributed by atoms with Gasteiger partial charge in [0.2, 0.25) is 36.8 Å². The molecule has 6 atom stereocenters. The molecule has 1 heterocycles. The number of amides is 6. The minimum atomic E-state index is -2.16. The number of benzene rings is 3. The molecule has 4 aromatic rings. The van der Waals surface area contributed by atoms with Crippen LogP contribution in [0.1, 0.15) is 17.2 Å². The first kappa shape index (κ1) is 52.8. The first-order chi connectivity index (χ1) is 33.1. The average molecular weight is 972 g/mol. The van der Waals surface area contributed by atoms with Gasteiger partial charge in [0.25, 0.3) is 29.5 Å². The maximum atomic E-state index is 14.3. The zero-order valence-corrected chi connectivity index (χ0v) is 37.3. The van der Waals surface area contributed by atoms with E-state index in [9.17, 15) is 33.9 Å². The van der Waals surface area contributed by atoms with Gasteiger partial charge in [0, 0.05) is 29.8 Å². The van der Waals surface area contributed by atoms with Crippen molar-refractivity contribution in [2.45, 2.75) is 43.5 Å². The molecule has 372 valence electrons. The number of nitrogens with zero attached hydrogens (tertiary/aromatic N) is 6. The number of carbonyl (C=O) groups is 6. The van der Waals surface area contributed by atoms with E-state index in [1.165, 1.54) is 43.4 Å². The number of rotatable bonds is 22. The van der Waals surface area contributed by atoms with Gasteiger partial charge in [-0.3, -0.25) is 33.8 Å². The normalized spacial score (nSPS) is 13.1. The second-order valence-corrected chi connectivity index (χ2v) is 14.4. The molecule has 6 amide bonds. The SMILES string of the molecule is COc1ccc(CN(c2ccc3ncccc3c2N)C(O)C(=O)NC(C(=O)NC(N=C(N)N)C(=O)NC(N=C(N)N)C(=O)NC(N=C(N)N)C(=O)NC(N=C(N)N)C(N)=O)c2ccccc2)c(OC)c1. The second kappa shape index (κ2) is 24.1. The highest BCUT2D eigenvalue weighted by atomic mass is 16.5. The van der Waals surface area contributed by atoms with Crippen LogP contribution in [0.3, 0.4) is 0 Å². The highest BCUT2D eigenvalue weighted by Gasteiger charge is 2.35. The molecule has 0 aliphatic rings. The molecule has 26 N–H and O–H groups in total. The monoisotopic (exact) mass is 971 g/mol. The van der Waals surface area contributed by atoms with E-state index in [4.69, 9.17) is 66.8 Å². The van der Waals surface area contributed by atoms with Crippen molar-refractivity contribution >= 4 is 81.6 Å². The molecule has 30 nitrogen and oxygen atoms in total. The van der Waals surface area contributed by atoms with E-state index >= 15 is 0 Å². The van der Waals surface area contributed by atoms with E-state index in [1.807, 2.05) is 10.6 Å². The third-order valence-electron chi connectivity index (χ3n) is 9.40. The zero-order valence-electron chi connectivity index (χ0n) is 37.3. The largest absolute Gasteiger partial charge is 0.497 e. The number of hydrogen-bond donors (Lipinski definition) is 16. The number of anilines is 2. The lowest BCUT2D eigenvalue weighted by molar-refractivity contribution is -0.136. The summed E-state index contributed by atoms with van der Waals surface area (Å²) in [5, 5.41) is 23.4. The Bertz CT molecular complexity index is 2690. The number of carbonyl (C=O) groups excluding carboxylic acids is 6. The van der Waals surface area contributed by atoms with Crippen molar-refractivity contribution < 1.29 is 43.3 Å². The van der Waals surface area contributed by atoms with Gasteiger partial charge in [-0.25, -0.2) is 20.0 Å². The number of primary amides is 1. The molecular weight excluding hydrogens is 919 g/mol. The number of aromatic nitrogens is 1. The van der Waals surface area contributed by atoms with Crippen LogP contribution in [0.15, 0.2) is 99.0 Å². The Morgan fingerprint density at radius 2 is 1.13 bits per heavy atom. The molecule has 0 radical (unpaired) electrons. The fraction of sp³-hybridized carbons (Fsp3) is 0.225. The number of hydrogen-bond acceptors (Lipinski definition) is 16. The average Bonchev–Trinajstić information content (AvgIpc) is 3.31. The van der Waals surface area contributed by atoms with Crippen LogP contribution >= 0.6 is 0 Å². The Balaban J connectivity index is 1.67. The first-order valence-electron chi connectivity index (χ1n) is 20.1. The molecule has 0 aliphatic carbocycles. The minimum Gasteiger partial charge on any atom is -0.497 e. The molecule has 0 saturated carbocycles. The van der Waals surface area contributed by atoms with Crippen LogP contribution in [0.25, 0.3) is 10.9 Å². The topological polar surface area (TPSA) is 527 Å². The van der Waals surface area contributed by atoms with E-state index < -0.39 is 96.2 Å². The number of pyridine rings is 1. The number of ether oxygens (including phenoxy) is 2. The highest BCUT2D eigenvalue weighted by molar-refractivity contribution is 6.01. The van der Waals surface area contributed by atoms with Crippen LogP contribution in [0, 0.1) is 0 Å². The van der Waals surface area contributed by atoms with E-state index in [2.05, 4.69) is 40.9 Å². The Kier molecular flexibility index (Phi) is 18.1. The van der Waals surface area contributed by atoms with Gasteiger partial charge in [-0.2, -0.15) is 0 Å². The van der Waals surface area contributed by atoms with Gasteiger partial charge in [-0.15, -0.1) is 0 Å². The number of aliphatic imine (C=N–C) groups is 4. The van der Waals surface area contributed by atoms with Gasteiger partial charge in [0.15, 0.2) is 23.8 Å². The molecule has 0 bridgehead atoms. The number of aliphatic hydroxyl groups is 1. The molecule has 70 heavy (non-hydrogen) atoms. The predicted octanol–water partition coefficient (Wildman–Crippen LogP) is -6.64. The molecule has 3 aromatic carbocycles. The van der Waals surface area contributed by atoms with Gasteiger partial charge in [0.1, 0.15) is 17.5 Å². The Morgan fingerprint density at radius 3 is 1.63 bits per heavy atom. The van der Waals surface area contributed by atoms with Crippen LogP contribution in [-0.4, -0.2) is 114 Å². The van der Waals surface area contributed by atoms with Crippen LogP contribution in [0.5, 0.6) is 11.5 Å². The molecule has 6 unspecified atom stereocenters. The quantitative estimate of drug-likeness (QED) is 0.0151. The summed E-state index contributed by atoms with van der Waals surface area (Å²) in [4.78, 5) is 101. The molecule has 1 aromatic heterocycles.